The summed E-state index contributed by atoms with van der Waals surface area (Å²) in [5.41, 5.74) is 0.307. The average Bonchev–Trinajstić information content (AvgIpc) is 2.47. The Morgan fingerprint density at radius 1 is 1.30 bits per heavy atom. The number of hydrogen-bond acceptors (Lipinski definition) is 3. The summed E-state index contributed by atoms with van der Waals surface area (Å²) < 4.78 is 26.7. The topological polar surface area (TPSA) is 50.3 Å². The minimum Gasteiger partial charge on any atom is -0.244 e. The molecule has 0 atom stereocenters. The highest BCUT2D eigenvalue weighted by Gasteiger charge is 2.36. The molecule has 0 amide bonds. The molecule has 1 saturated heterocycles. The van der Waals surface area contributed by atoms with Crippen LogP contribution in [-0.4, -0.2) is 30.8 Å². The minimum absolute atomic E-state index is 0.208. The van der Waals surface area contributed by atoms with E-state index in [1.807, 2.05) is 0 Å². The molecule has 1 aromatic heterocycles. The Balaban J connectivity index is 2.17. The fraction of sp³-hybridized carbons (Fsp3) is 0.643. The first kappa shape index (κ1) is 15.7. The van der Waals surface area contributed by atoms with E-state index in [9.17, 15) is 8.42 Å². The normalized spacial score (nSPS) is 19.9. The van der Waals surface area contributed by atoms with Crippen molar-refractivity contribution < 1.29 is 8.42 Å². The monoisotopic (exact) mass is 316 g/mol. The van der Waals surface area contributed by atoms with Gasteiger partial charge in [0.25, 0.3) is 0 Å². The second kappa shape index (κ2) is 6.00. The molecule has 1 aliphatic rings. The highest BCUT2D eigenvalue weighted by Crippen LogP contribution is 2.39. The van der Waals surface area contributed by atoms with Gasteiger partial charge in [0, 0.05) is 19.3 Å². The van der Waals surface area contributed by atoms with E-state index in [0.29, 0.717) is 18.5 Å². The Hall–Kier alpha value is -0.650. The first-order chi connectivity index (χ1) is 9.43. The van der Waals surface area contributed by atoms with Crippen LogP contribution in [0.3, 0.4) is 0 Å². The molecular weight excluding hydrogens is 296 g/mol. The van der Waals surface area contributed by atoms with Gasteiger partial charge in [0.1, 0.15) is 5.15 Å². The van der Waals surface area contributed by atoms with E-state index >= 15 is 0 Å². The van der Waals surface area contributed by atoms with Crippen molar-refractivity contribution >= 4 is 21.6 Å². The molecule has 1 fully saturated rings. The Bertz CT molecular complexity index is 560. The van der Waals surface area contributed by atoms with E-state index in [1.54, 1.807) is 4.31 Å². The minimum atomic E-state index is -3.44. The van der Waals surface area contributed by atoms with Crippen molar-refractivity contribution in [3.05, 3.63) is 23.5 Å². The largest absolute Gasteiger partial charge is 0.244 e. The molecule has 0 aromatic carbocycles. The van der Waals surface area contributed by atoms with Crippen molar-refractivity contribution in [3.8, 4) is 0 Å². The van der Waals surface area contributed by atoms with Gasteiger partial charge in [-0.1, -0.05) is 38.3 Å². The van der Waals surface area contributed by atoms with Crippen molar-refractivity contribution in [2.24, 2.45) is 5.41 Å². The van der Waals surface area contributed by atoms with Gasteiger partial charge in [-0.2, -0.15) is 4.31 Å². The van der Waals surface area contributed by atoms with Crippen molar-refractivity contribution in [1.29, 1.82) is 0 Å². The van der Waals surface area contributed by atoms with Gasteiger partial charge >= 0.3 is 0 Å². The lowest BCUT2D eigenvalue weighted by atomic mass is 9.75. The van der Waals surface area contributed by atoms with Gasteiger partial charge in [0.15, 0.2) is 0 Å². The summed E-state index contributed by atoms with van der Waals surface area (Å²) in [4.78, 5) is 4.06. The van der Waals surface area contributed by atoms with E-state index in [2.05, 4.69) is 18.8 Å². The molecule has 2 heterocycles. The average molecular weight is 317 g/mol. The van der Waals surface area contributed by atoms with E-state index in [1.165, 1.54) is 18.3 Å². The van der Waals surface area contributed by atoms with Gasteiger partial charge < -0.3 is 0 Å². The Kier molecular flexibility index (Phi) is 4.72. The SMILES string of the molecule is CCC1(CC)CCN(S(=O)(=O)c2ccnc(Cl)c2)CC1. The van der Waals surface area contributed by atoms with Crippen LogP contribution < -0.4 is 0 Å². The molecule has 112 valence electrons. The predicted molar refractivity (Wildman–Crippen MR) is 80.3 cm³/mol. The molecule has 0 radical (unpaired) electrons. The number of aromatic nitrogens is 1. The summed E-state index contributed by atoms with van der Waals surface area (Å²) in [6.45, 7) is 5.56. The molecule has 0 saturated carbocycles. The van der Waals surface area contributed by atoms with Crippen LogP contribution in [0.2, 0.25) is 5.15 Å². The summed E-state index contributed by atoms with van der Waals surface area (Å²) in [7, 11) is -3.44. The second-order valence-electron chi connectivity index (χ2n) is 5.43. The van der Waals surface area contributed by atoms with Crippen LogP contribution in [0.1, 0.15) is 39.5 Å². The third kappa shape index (κ3) is 3.00. The molecule has 0 unspecified atom stereocenters. The zero-order valence-electron chi connectivity index (χ0n) is 12.0. The van der Waals surface area contributed by atoms with E-state index < -0.39 is 10.0 Å². The maximum atomic E-state index is 12.6. The molecule has 1 aromatic rings. The Labute approximate surface area is 126 Å². The molecule has 0 spiro atoms. The lowest BCUT2D eigenvalue weighted by molar-refractivity contribution is 0.141. The van der Waals surface area contributed by atoms with Crippen LogP contribution in [0.5, 0.6) is 0 Å². The standard InChI is InChI=1S/C14H21ClN2O2S/c1-3-14(4-2)6-9-17(10-7-14)20(18,19)12-5-8-16-13(15)11-12/h5,8,11H,3-4,6-7,9-10H2,1-2H3. The summed E-state index contributed by atoms with van der Waals surface area (Å²) in [5, 5.41) is 0.208. The molecule has 0 bridgehead atoms. The summed E-state index contributed by atoms with van der Waals surface area (Å²) in [6.07, 6.45) is 5.51. The molecule has 2 rings (SSSR count). The third-order valence-electron chi connectivity index (χ3n) is 4.62. The fourth-order valence-corrected chi connectivity index (χ4v) is 4.55. The second-order valence-corrected chi connectivity index (χ2v) is 7.75. The lowest BCUT2D eigenvalue weighted by Gasteiger charge is -2.40. The van der Waals surface area contributed by atoms with Crippen LogP contribution in [0.4, 0.5) is 0 Å². The maximum Gasteiger partial charge on any atom is 0.243 e. The summed E-state index contributed by atoms with van der Waals surface area (Å²) >= 11 is 5.79. The Morgan fingerprint density at radius 3 is 2.40 bits per heavy atom. The third-order valence-corrected chi connectivity index (χ3v) is 6.72. The fourth-order valence-electron chi connectivity index (χ4n) is 2.85. The molecule has 20 heavy (non-hydrogen) atoms. The van der Waals surface area contributed by atoms with Gasteiger partial charge in [-0.3, -0.25) is 0 Å². The van der Waals surface area contributed by atoms with Crippen molar-refractivity contribution in [2.75, 3.05) is 13.1 Å². The highest BCUT2D eigenvalue weighted by atomic mass is 35.5. The van der Waals surface area contributed by atoms with Crippen LogP contribution >= 0.6 is 11.6 Å². The number of nitrogens with zero attached hydrogens (tertiary/aromatic N) is 2. The van der Waals surface area contributed by atoms with Crippen LogP contribution in [0.25, 0.3) is 0 Å². The van der Waals surface area contributed by atoms with Crippen LogP contribution in [-0.2, 0) is 10.0 Å². The quantitative estimate of drug-likeness (QED) is 0.801. The number of piperidine rings is 1. The first-order valence-electron chi connectivity index (χ1n) is 7.05. The van der Waals surface area contributed by atoms with Gasteiger partial charge in [-0.15, -0.1) is 0 Å². The molecule has 1 aliphatic heterocycles. The van der Waals surface area contributed by atoms with Gasteiger partial charge in [-0.05, 0) is 30.4 Å². The summed E-state index contributed by atoms with van der Waals surface area (Å²) in [6, 6.07) is 2.92. The first-order valence-corrected chi connectivity index (χ1v) is 8.87. The number of rotatable bonds is 4. The van der Waals surface area contributed by atoms with Crippen molar-refractivity contribution in [3.63, 3.8) is 0 Å². The summed E-state index contributed by atoms with van der Waals surface area (Å²) in [5.74, 6) is 0. The van der Waals surface area contributed by atoms with Crippen LogP contribution in [0.15, 0.2) is 23.2 Å². The molecular formula is C14H21ClN2O2S. The molecule has 0 aliphatic carbocycles. The smallest absolute Gasteiger partial charge is 0.243 e. The maximum absolute atomic E-state index is 12.6. The Morgan fingerprint density at radius 2 is 1.90 bits per heavy atom. The van der Waals surface area contributed by atoms with Gasteiger partial charge in [0.05, 0.1) is 4.90 Å². The highest BCUT2D eigenvalue weighted by molar-refractivity contribution is 7.89. The zero-order valence-corrected chi connectivity index (χ0v) is 13.5. The van der Waals surface area contributed by atoms with Gasteiger partial charge in [0.2, 0.25) is 10.0 Å². The van der Waals surface area contributed by atoms with Crippen molar-refractivity contribution in [1.82, 2.24) is 9.29 Å². The lowest BCUT2D eigenvalue weighted by Crippen LogP contribution is -2.42. The van der Waals surface area contributed by atoms with Crippen molar-refractivity contribution in [2.45, 2.75) is 44.4 Å². The zero-order chi connectivity index (χ0) is 14.8. The van der Waals surface area contributed by atoms with E-state index in [0.717, 1.165) is 25.7 Å². The van der Waals surface area contributed by atoms with Gasteiger partial charge in [-0.25, -0.2) is 13.4 Å². The predicted octanol–water partition coefficient (Wildman–Crippen LogP) is 3.33. The number of pyridine rings is 1. The van der Waals surface area contributed by atoms with E-state index in [4.69, 9.17) is 11.6 Å². The number of halogens is 1. The molecule has 6 heteroatoms. The van der Waals surface area contributed by atoms with Crippen LogP contribution in [0, 0.1) is 5.41 Å². The van der Waals surface area contributed by atoms with E-state index in [-0.39, 0.29) is 10.0 Å². The number of sulfonamides is 1. The molecule has 4 nitrogen and oxygen atoms in total. The number of hydrogen-bond donors (Lipinski definition) is 0. The molecule has 0 N–H and O–H groups in total.